The molecule has 1 heterocycles. The molecule has 0 spiro atoms. The molecule has 1 aliphatic rings. The Kier molecular flexibility index (Phi) is 6.40. The number of aromatic nitrogens is 1. The lowest BCUT2D eigenvalue weighted by Crippen LogP contribution is -2.32. The number of carbonyl (C=O) groups is 1. The molecule has 7 nitrogen and oxygen atoms in total. The Balaban J connectivity index is 1.75. The van der Waals surface area contributed by atoms with Gasteiger partial charge in [0.1, 0.15) is 11.9 Å². The predicted molar refractivity (Wildman–Crippen MR) is 126 cm³/mol. The summed E-state index contributed by atoms with van der Waals surface area (Å²) in [7, 11) is -3.84. The van der Waals surface area contributed by atoms with E-state index < -0.39 is 21.6 Å². The zero-order chi connectivity index (χ0) is 23.8. The van der Waals surface area contributed by atoms with Crippen LogP contribution in [0.25, 0.3) is 0 Å². The van der Waals surface area contributed by atoms with Gasteiger partial charge in [-0.25, -0.2) is 17.8 Å². The zero-order valence-corrected chi connectivity index (χ0v) is 20.1. The second-order valence-corrected chi connectivity index (χ2v) is 10.7. The summed E-state index contributed by atoms with van der Waals surface area (Å²) in [5.41, 5.74) is 7.40. The number of hydrogen-bond acceptors (Lipinski definition) is 6. The van der Waals surface area contributed by atoms with Gasteiger partial charge in [-0.3, -0.25) is 4.79 Å². The molecular formula is C23H21BrFN3O4S. The number of rotatable bonds is 7. The number of hydrogen-bond donors (Lipinski definition) is 1. The fourth-order valence-electron chi connectivity index (χ4n) is 3.24. The molecule has 1 saturated carbocycles. The van der Waals surface area contributed by atoms with Gasteiger partial charge in [0.15, 0.2) is 9.84 Å². The molecule has 0 atom stereocenters. The summed E-state index contributed by atoms with van der Waals surface area (Å²) in [5.74, 6) is -0.805. The van der Waals surface area contributed by atoms with E-state index in [-0.39, 0.29) is 28.8 Å². The average molecular weight is 534 g/mol. The van der Waals surface area contributed by atoms with Gasteiger partial charge in [-0.05, 0) is 70.7 Å². The third kappa shape index (κ3) is 5.51. The first kappa shape index (κ1) is 23.2. The van der Waals surface area contributed by atoms with Gasteiger partial charge in [-0.15, -0.1) is 0 Å². The lowest BCUT2D eigenvalue weighted by molar-refractivity contribution is 0.0984. The van der Waals surface area contributed by atoms with Gasteiger partial charge in [0.2, 0.25) is 5.88 Å². The number of nitrogens with zero attached hydrogens (tertiary/aromatic N) is 2. The Labute approximate surface area is 199 Å². The van der Waals surface area contributed by atoms with Crippen LogP contribution < -0.4 is 15.4 Å². The van der Waals surface area contributed by atoms with Gasteiger partial charge in [-0.1, -0.05) is 6.07 Å². The zero-order valence-electron chi connectivity index (χ0n) is 17.7. The highest BCUT2D eigenvalue weighted by Gasteiger charge is 2.27. The molecule has 1 amide bonds. The molecular weight excluding hydrogens is 513 g/mol. The number of halogens is 2. The molecule has 0 unspecified atom stereocenters. The van der Waals surface area contributed by atoms with E-state index in [0.29, 0.717) is 21.6 Å². The Bertz CT molecular complexity index is 1310. The van der Waals surface area contributed by atoms with Crippen LogP contribution in [0.3, 0.4) is 0 Å². The third-order valence-corrected chi connectivity index (χ3v) is 6.90. The Morgan fingerprint density at radius 2 is 1.97 bits per heavy atom. The molecule has 0 radical (unpaired) electrons. The van der Waals surface area contributed by atoms with Crippen molar-refractivity contribution in [3.05, 3.63) is 76.1 Å². The minimum Gasteiger partial charge on any atom is -0.474 e. The lowest BCUT2D eigenvalue weighted by Gasteiger charge is -2.25. The molecule has 10 heteroatoms. The van der Waals surface area contributed by atoms with Gasteiger partial charge in [-0.2, -0.15) is 0 Å². The molecule has 1 aromatic heterocycles. The van der Waals surface area contributed by atoms with Crippen LogP contribution in [-0.2, 0) is 16.4 Å². The molecule has 3 aromatic rings. The van der Waals surface area contributed by atoms with Crippen molar-refractivity contribution < 1.29 is 22.3 Å². The number of nitrogens with two attached hydrogens (primary N) is 1. The quantitative estimate of drug-likeness (QED) is 0.452. The summed E-state index contributed by atoms with van der Waals surface area (Å²) in [6.45, 7) is 0.00475. The van der Waals surface area contributed by atoms with Crippen molar-refractivity contribution in [1.82, 2.24) is 4.98 Å². The number of carbonyl (C=O) groups excluding carboxylic acids is 1. The molecule has 0 aliphatic heterocycles. The molecule has 0 bridgehead atoms. The van der Waals surface area contributed by atoms with Crippen molar-refractivity contribution in [3.8, 4) is 5.88 Å². The fraction of sp³-hybridized carbons (Fsp3) is 0.217. The normalized spacial score (nSPS) is 13.5. The van der Waals surface area contributed by atoms with E-state index in [1.165, 1.54) is 17.2 Å². The highest BCUT2D eigenvalue weighted by atomic mass is 79.9. The van der Waals surface area contributed by atoms with Gasteiger partial charge < -0.3 is 15.4 Å². The van der Waals surface area contributed by atoms with Crippen LogP contribution in [0.1, 0.15) is 28.8 Å². The van der Waals surface area contributed by atoms with E-state index >= 15 is 0 Å². The second-order valence-electron chi connectivity index (χ2n) is 7.83. The minimum atomic E-state index is -3.84. The van der Waals surface area contributed by atoms with Crippen LogP contribution in [-0.4, -0.2) is 31.7 Å². The topological polar surface area (TPSA) is 103 Å². The first-order valence-corrected chi connectivity index (χ1v) is 12.8. The molecule has 2 aromatic carbocycles. The standard InChI is InChI=1S/C23H21BrFN3O4S/c1-33(30,31)21-11-16(25)4-8-20(21)28(13-14-2-7-18(24)19(26)10-14)23(29)15-3-9-22(27-12-15)32-17-5-6-17/h2-4,7-12,17H,5-6,13,26H2,1H3. The van der Waals surface area contributed by atoms with Crippen LogP contribution in [0.4, 0.5) is 15.8 Å². The molecule has 1 fully saturated rings. The van der Waals surface area contributed by atoms with Crippen molar-refractivity contribution in [1.29, 1.82) is 0 Å². The van der Waals surface area contributed by atoms with Gasteiger partial charge in [0, 0.05) is 28.7 Å². The van der Waals surface area contributed by atoms with Crippen molar-refractivity contribution >= 4 is 43.0 Å². The van der Waals surface area contributed by atoms with Crippen LogP contribution in [0, 0.1) is 5.82 Å². The second kappa shape index (κ2) is 9.11. The van der Waals surface area contributed by atoms with Crippen molar-refractivity contribution in [2.24, 2.45) is 0 Å². The number of nitrogen functional groups attached to an aromatic ring is 1. The first-order chi connectivity index (χ1) is 15.6. The summed E-state index contributed by atoms with van der Waals surface area (Å²) in [6.07, 6.45) is 4.47. The van der Waals surface area contributed by atoms with E-state index in [2.05, 4.69) is 20.9 Å². The summed E-state index contributed by atoms with van der Waals surface area (Å²) in [6, 6.07) is 11.7. The molecule has 2 N–H and O–H groups in total. The van der Waals surface area contributed by atoms with Crippen LogP contribution in [0.15, 0.2) is 64.1 Å². The van der Waals surface area contributed by atoms with E-state index in [4.69, 9.17) is 10.5 Å². The van der Waals surface area contributed by atoms with Gasteiger partial charge in [0.05, 0.1) is 22.7 Å². The molecule has 172 valence electrons. The summed E-state index contributed by atoms with van der Waals surface area (Å²) < 4.78 is 45.1. The molecule has 0 saturated heterocycles. The largest absolute Gasteiger partial charge is 0.474 e. The van der Waals surface area contributed by atoms with Gasteiger partial charge >= 0.3 is 0 Å². The van der Waals surface area contributed by atoms with Crippen LogP contribution in [0.5, 0.6) is 5.88 Å². The number of benzene rings is 2. The smallest absolute Gasteiger partial charge is 0.260 e. The maximum absolute atomic E-state index is 13.9. The highest BCUT2D eigenvalue weighted by Crippen LogP contribution is 2.31. The Morgan fingerprint density at radius 3 is 2.58 bits per heavy atom. The van der Waals surface area contributed by atoms with E-state index in [1.54, 1.807) is 30.3 Å². The van der Waals surface area contributed by atoms with E-state index in [0.717, 1.165) is 31.2 Å². The monoisotopic (exact) mass is 533 g/mol. The summed E-state index contributed by atoms with van der Waals surface area (Å²) in [4.78, 5) is 18.7. The molecule has 4 rings (SSSR count). The SMILES string of the molecule is CS(=O)(=O)c1cc(F)ccc1N(Cc1ccc(Br)c(N)c1)C(=O)c1ccc(OC2CC2)nc1. The van der Waals surface area contributed by atoms with E-state index in [1.807, 2.05) is 0 Å². The third-order valence-electron chi connectivity index (χ3n) is 5.05. The number of pyridine rings is 1. The highest BCUT2D eigenvalue weighted by molar-refractivity contribution is 9.10. The number of anilines is 2. The number of amides is 1. The van der Waals surface area contributed by atoms with Crippen LogP contribution in [0.2, 0.25) is 0 Å². The van der Waals surface area contributed by atoms with Crippen LogP contribution >= 0.6 is 15.9 Å². The minimum absolute atomic E-state index is 0.00475. The van der Waals surface area contributed by atoms with E-state index in [9.17, 15) is 17.6 Å². The number of sulfone groups is 1. The maximum Gasteiger partial charge on any atom is 0.260 e. The lowest BCUT2D eigenvalue weighted by atomic mass is 10.1. The molecule has 1 aliphatic carbocycles. The predicted octanol–water partition coefficient (Wildman–Crippen LogP) is 4.36. The average Bonchev–Trinajstić information content (AvgIpc) is 3.58. The maximum atomic E-state index is 13.9. The van der Waals surface area contributed by atoms with Crippen molar-refractivity contribution in [2.45, 2.75) is 30.4 Å². The fourth-order valence-corrected chi connectivity index (χ4v) is 4.37. The number of ether oxygens (including phenoxy) is 1. The summed E-state index contributed by atoms with van der Waals surface area (Å²) in [5, 5.41) is 0. The van der Waals surface area contributed by atoms with Crippen molar-refractivity contribution in [3.63, 3.8) is 0 Å². The first-order valence-electron chi connectivity index (χ1n) is 10.1. The van der Waals surface area contributed by atoms with Crippen molar-refractivity contribution in [2.75, 3.05) is 16.9 Å². The molecule has 33 heavy (non-hydrogen) atoms. The summed E-state index contributed by atoms with van der Waals surface area (Å²) >= 11 is 3.33. The van der Waals surface area contributed by atoms with Gasteiger partial charge in [0.25, 0.3) is 5.91 Å². The Hall–Kier alpha value is -2.98. The Morgan fingerprint density at radius 1 is 1.21 bits per heavy atom.